The minimum atomic E-state index is -0.646. The summed E-state index contributed by atoms with van der Waals surface area (Å²) in [5, 5.41) is 23.8. The molecule has 2 aromatic rings. The van der Waals surface area contributed by atoms with Gasteiger partial charge in [-0.05, 0) is 30.4 Å². The monoisotopic (exact) mass is 331 g/mol. The van der Waals surface area contributed by atoms with Crippen LogP contribution in [0.3, 0.4) is 0 Å². The van der Waals surface area contributed by atoms with Crippen LogP contribution in [0.2, 0.25) is 0 Å². The van der Waals surface area contributed by atoms with Crippen LogP contribution in [0.4, 0.5) is 5.88 Å². The molecule has 124 valence electrons. The molecule has 1 heterocycles. The van der Waals surface area contributed by atoms with Gasteiger partial charge in [0.15, 0.2) is 0 Å². The lowest BCUT2D eigenvalue weighted by molar-refractivity contribution is -0.402. The van der Waals surface area contributed by atoms with E-state index in [1.54, 1.807) is 0 Å². The second-order valence-electron chi connectivity index (χ2n) is 4.39. The zero-order chi connectivity index (χ0) is 17.5. The Morgan fingerprint density at radius 1 is 1.42 bits per heavy atom. The Morgan fingerprint density at radius 2 is 2.21 bits per heavy atom. The average molecular weight is 331 g/mol. The average Bonchev–Trinajstić information content (AvgIpc) is 3.03. The zero-order valence-corrected chi connectivity index (χ0v) is 12.5. The van der Waals surface area contributed by atoms with Crippen LogP contribution in [0.15, 0.2) is 45.9 Å². The standard InChI is InChI=1S/C15H13N3O6/c1-23-11-4-6-12(13(19)9-11)15(20)17-16-8-2-3-10-5-7-14(24-10)18(21)22/h2-9,19H,1H3,(H,17,20)/b3-2+,16-8+. The molecule has 2 rings (SSSR count). The lowest BCUT2D eigenvalue weighted by atomic mass is 10.2. The third-order valence-electron chi connectivity index (χ3n) is 2.83. The summed E-state index contributed by atoms with van der Waals surface area (Å²) in [6, 6.07) is 6.89. The molecule has 0 aliphatic rings. The van der Waals surface area contributed by atoms with Gasteiger partial charge in [0, 0.05) is 12.3 Å². The largest absolute Gasteiger partial charge is 0.507 e. The third-order valence-corrected chi connectivity index (χ3v) is 2.83. The number of hydrogen-bond acceptors (Lipinski definition) is 7. The van der Waals surface area contributed by atoms with Gasteiger partial charge >= 0.3 is 5.88 Å². The normalized spacial score (nSPS) is 11.0. The molecule has 0 fully saturated rings. The Kier molecular flexibility index (Phi) is 5.29. The number of nitrogens with one attached hydrogen (secondary N) is 1. The molecule has 9 heteroatoms. The predicted octanol–water partition coefficient (Wildman–Crippen LogP) is 2.33. The predicted molar refractivity (Wildman–Crippen MR) is 85.0 cm³/mol. The molecule has 0 unspecified atom stereocenters. The molecule has 1 aromatic heterocycles. The van der Waals surface area contributed by atoms with Gasteiger partial charge in [-0.3, -0.25) is 14.9 Å². The number of ether oxygens (including phenoxy) is 1. The molecule has 9 nitrogen and oxygen atoms in total. The van der Waals surface area contributed by atoms with Crippen molar-refractivity contribution in [2.45, 2.75) is 0 Å². The molecular weight excluding hydrogens is 318 g/mol. The SMILES string of the molecule is COc1ccc(C(=O)N/N=C/C=C/c2ccc([N+](=O)[O-])o2)c(O)c1. The summed E-state index contributed by atoms with van der Waals surface area (Å²) in [5.41, 5.74) is 2.27. The van der Waals surface area contributed by atoms with Crippen molar-refractivity contribution >= 4 is 24.1 Å². The summed E-state index contributed by atoms with van der Waals surface area (Å²) < 4.78 is 9.82. The number of hydrazone groups is 1. The van der Waals surface area contributed by atoms with E-state index in [4.69, 9.17) is 9.15 Å². The lowest BCUT2D eigenvalue weighted by Gasteiger charge is -2.05. The van der Waals surface area contributed by atoms with Crippen LogP contribution in [-0.2, 0) is 0 Å². The van der Waals surface area contributed by atoms with E-state index in [0.29, 0.717) is 5.75 Å². The summed E-state index contributed by atoms with van der Waals surface area (Å²) in [4.78, 5) is 21.6. The Labute approximate surface area is 136 Å². The number of nitro groups is 1. The van der Waals surface area contributed by atoms with Gasteiger partial charge < -0.3 is 14.3 Å². The fourth-order valence-electron chi connectivity index (χ4n) is 1.70. The second-order valence-corrected chi connectivity index (χ2v) is 4.39. The summed E-state index contributed by atoms with van der Waals surface area (Å²) in [5.74, 6) is -0.515. The maximum atomic E-state index is 11.8. The van der Waals surface area contributed by atoms with Gasteiger partial charge in [-0.25, -0.2) is 5.43 Å². The topological polar surface area (TPSA) is 127 Å². The highest BCUT2D eigenvalue weighted by Crippen LogP contribution is 2.23. The molecule has 24 heavy (non-hydrogen) atoms. The molecule has 0 aliphatic carbocycles. The Hall–Kier alpha value is -3.62. The second kappa shape index (κ2) is 7.58. The highest BCUT2D eigenvalue weighted by Gasteiger charge is 2.11. The van der Waals surface area contributed by atoms with E-state index in [0.717, 1.165) is 0 Å². The number of allylic oxidation sites excluding steroid dienone is 1. The number of furan rings is 1. The quantitative estimate of drug-likeness (QED) is 0.475. The number of nitrogens with zero attached hydrogens (tertiary/aromatic N) is 2. The van der Waals surface area contributed by atoms with E-state index in [-0.39, 0.29) is 23.0 Å². The Bertz CT molecular complexity index is 809. The number of phenols is 1. The minimum Gasteiger partial charge on any atom is -0.507 e. The van der Waals surface area contributed by atoms with Crippen LogP contribution in [0.5, 0.6) is 11.5 Å². The van der Waals surface area contributed by atoms with E-state index in [9.17, 15) is 20.0 Å². The van der Waals surface area contributed by atoms with Gasteiger partial charge in [-0.2, -0.15) is 5.10 Å². The number of phenolic OH excluding ortho intramolecular Hbond substituents is 1. The zero-order valence-electron chi connectivity index (χ0n) is 12.5. The van der Waals surface area contributed by atoms with Crippen LogP contribution in [0.25, 0.3) is 6.08 Å². The third kappa shape index (κ3) is 4.19. The van der Waals surface area contributed by atoms with Crippen LogP contribution < -0.4 is 10.2 Å². The van der Waals surface area contributed by atoms with Crippen LogP contribution >= 0.6 is 0 Å². The van der Waals surface area contributed by atoms with Gasteiger partial charge in [0.1, 0.15) is 22.2 Å². The molecule has 2 N–H and O–H groups in total. The fourth-order valence-corrected chi connectivity index (χ4v) is 1.70. The van der Waals surface area contributed by atoms with E-state index in [1.807, 2.05) is 0 Å². The molecule has 0 aliphatic heterocycles. The van der Waals surface area contributed by atoms with Crippen molar-refractivity contribution in [3.63, 3.8) is 0 Å². The maximum Gasteiger partial charge on any atom is 0.433 e. The van der Waals surface area contributed by atoms with Gasteiger partial charge in [0.2, 0.25) is 0 Å². The Morgan fingerprint density at radius 3 is 2.83 bits per heavy atom. The molecule has 0 bridgehead atoms. The lowest BCUT2D eigenvalue weighted by Crippen LogP contribution is -2.17. The maximum absolute atomic E-state index is 11.8. The van der Waals surface area contributed by atoms with Crippen molar-refractivity contribution in [2.75, 3.05) is 7.11 Å². The van der Waals surface area contributed by atoms with Crippen molar-refractivity contribution in [1.82, 2.24) is 5.43 Å². The number of aromatic hydroxyl groups is 1. The van der Waals surface area contributed by atoms with Crippen molar-refractivity contribution in [2.24, 2.45) is 5.10 Å². The number of carbonyl (C=O) groups is 1. The highest BCUT2D eigenvalue weighted by molar-refractivity contribution is 5.97. The molecule has 0 atom stereocenters. The molecule has 1 aromatic carbocycles. The van der Waals surface area contributed by atoms with Crippen molar-refractivity contribution in [3.8, 4) is 11.5 Å². The molecule has 0 saturated heterocycles. The van der Waals surface area contributed by atoms with Gasteiger partial charge in [-0.1, -0.05) is 0 Å². The van der Waals surface area contributed by atoms with Crippen molar-refractivity contribution in [1.29, 1.82) is 0 Å². The van der Waals surface area contributed by atoms with Gasteiger partial charge in [0.05, 0.1) is 18.7 Å². The first-order chi connectivity index (χ1) is 11.5. The minimum absolute atomic E-state index is 0.0404. The number of methoxy groups -OCH3 is 1. The highest BCUT2D eigenvalue weighted by atomic mass is 16.6. The number of benzene rings is 1. The molecular formula is C15H13N3O6. The summed E-state index contributed by atoms with van der Waals surface area (Å²) in [6.07, 6.45) is 4.12. The molecule has 0 saturated carbocycles. The van der Waals surface area contributed by atoms with Crippen molar-refractivity contribution < 1.29 is 24.0 Å². The smallest absolute Gasteiger partial charge is 0.433 e. The first-order valence-corrected chi connectivity index (χ1v) is 6.62. The van der Waals surface area contributed by atoms with Crippen LogP contribution in [0, 0.1) is 10.1 Å². The summed E-state index contributed by atoms with van der Waals surface area (Å²) in [6.45, 7) is 0. The molecule has 0 spiro atoms. The molecule has 0 radical (unpaired) electrons. The van der Waals surface area contributed by atoms with E-state index >= 15 is 0 Å². The van der Waals surface area contributed by atoms with Crippen LogP contribution in [-0.4, -0.2) is 29.3 Å². The summed E-state index contributed by atoms with van der Waals surface area (Å²) in [7, 11) is 1.44. The first kappa shape index (κ1) is 16.7. The van der Waals surface area contributed by atoms with Gasteiger partial charge in [0.25, 0.3) is 5.91 Å². The van der Waals surface area contributed by atoms with E-state index in [1.165, 1.54) is 55.8 Å². The first-order valence-electron chi connectivity index (χ1n) is 6.62. The number of hydrogen-bond donors (Lipinski definition) is 2. The van der Waals surface area contributed by atoms with Crippen LogP contribution in [0.1, 0.15) is 16.1 Å². The number of carbonyl (C=O) groups excluding carboxylic acids is 1. The van der Waals surface area contributed by atoms with E-state index in [2.05, 4.69) is 10.5 Å². The van der Waals surface area contributed by atoms with E-state index < -0.39 is 10.8 Å². The van der Waals surface area contributed by atoms with Gasteiger partial charge in [-0.15, -0.1) is 0 Å². The summed E-state index contributed by atoms with van der Waals surface area (Å²) >= 11 is 0. The fraction of sp³-hybridized carbons (Fsp3) is 0.0667. The number of amides is 1. The molecule has 1 amide bonds. The number of rotatable bonds is 6. The Balaban J connectivity index is 1.92. The van der Waals surface area contributed by atoms with Crippen molar-refractivity contribution in [3.05, 3.63) is 57.8 Å².